The van der Waals surface area contributed by atoms with Crippen molar-refractivity contribution in [2.45, 2.75) is 24.3 Å². The molecule has 4 rings (SSSR count). The molecule has 1 aromatic heterocycles. The summed E-state index contributed by atoms with van der Waals surface area (Å²) < 4.78 is 33.5. The Balaban J connectivity index is 1.37. The van der Waals surface area contributed by atoms with Gasteiger partial charge in [-0.1, -0.05) is 11.6 Å². The van der Waals surface area contributed by atoms with Crippen LogP contribution < -0.4 is 15.0 Å². The molecule has 0 aliphatic carbocycles. The highest BCUT2D eigenvalue weighted by atomic mass is 35.5. The van der Waals surface area contributed by atoms with Gasteiger partial charge in [0.15, 0.2) is 5.60 Å². The maximum atomic E-state index is 13.1. The molecule has 1 aliphatic rings. The van der Waals surface area contributed by atoms with E-state index in [4.69, 9.17) is 16.3 Å². The van der Waals surface area contributed by atoms with Gasteiger partial charge < -0.3 is 15.0 Å². The summed E-state index contributed by atoms with van der Waals surface area (Å²) >= 11 is 5.89. The quantitative estimate of drug-likeness (QED) is 0.514. The fourth-order valence-corrected chi connectivity index (χ4v) is 5.14. The fraction of sp³-hybridized carbons (Fsp3) is 0.292. The van der Waals surface area contributed by atoms with Crippen LogP contribution in [0.25, 0.3) is 0 Å². The molecule has 0 radical (unpaired) electrons. The van der Waals surface area contributed by atoms with E-state index in [9.17, 15) is 13.2 Å². The van der Waals surface area contributed by atoms with E-state index in [1.807, 2.05) is 4.90 Å². The third kappa shape index (κ3) is 5.90. The summed E-state index contributed by atoms with van der Waals surface area (Å²) in [5.41, 5.74) is -0.698. The third-order valence-electron chi connectivity index (χ3n) is 5.60. The van der Waals surface area contributed by atoms with Crippen molar-refractivity contribution < 1.29 is 17.9 Å². The Labute approximate surface area is 209 Å². The van der Waals surface area contributed by atoms with E-state index >= 15 is 0 Å². The summed E-state index contributed by atoms with van der Waals surface area (Å²) in [6.45, 7) is 5.03. The number of nitrogens with one attached hydrogen (secondary N) is 1. The van der Waals surface area contributed by atoms with Crippen LogP contribution >= 0.6 is 11.6 Å². The van der Waals surface area contributed by atoms with Gasteiger partial charge in [-0.2, -0.15) is 4.31 Å². The fourth-order valence-electron chi connectivity index (χ4n) is 3.60. The lowest BCUT2D eigenvalue weighted by Crippen LogP contribution is -2.48. The Morgan fingerprint density at radius 2 is 1.66 bits per heavy atom. The van der Waals surface area contributed by atoms with E-state index in [2.05, 4.69) is 15.3 Å². The van der Waals surface area contributed by atoms with Crippen molar-refractivity contribution in [2.24, 2.45) is 0 Å². The van der Waals surface area contributed by atoms with Gasteiger partial charge in [0.25, 0.3) is 5.91 Å². The molecule has 2 aromatic carbocycles. The first-order chi connectivity index (χ1) is 16.6. The second-order valence-corrected chi connectivity index (χ2v) is 10.9. The molecule has 1 aliphatic heterocycles. The highest BCUT2D eigenvalue weighted by Gasteiger charge is 2.31. The second kappa shape index (κ2) is 10.2. The Bertz CT molecular complexity index is 1260. The first kappa shape index (κ1) is 24.9. The van der Waals surface area contributed by atoms with Crippen LogP contribution in [0.5, 0.6) is 5.75 Å². The average Bonchev–Trinajstić information content (AvgIpc) is 2.86. The Kier molecular flexibility index (Phi) is 7.25. The number of halogens is 1. The number of sulfonamides is 1. The largest absolute Gasteiger partial charge is 0.478 e. The normalized spacial score (nSPS) is 15.0. The van der Waals surface area contributed by atoms with Gasteiger partial charge >= 0.3 is 0 Å². The number of piperazine rings is 1. The number of carbonyl (C=O) groups is 1. The number of ether oxygens (including phenoxy) is 1. The molecule has 2 heterocycles. The first-order valence-electron chi connectivity index (χ1n) is 11.0. The molecule has 0 spiro atoms. The number of rotatable bonds is 7. The molecule has 3 aromatic rings. The number of hydrogen-bond donors (Lipinski definition) is 1. The van der Waals surface area contributed by atoms with Crippen molar-refractivity contribution in [3.8, 4) is 5.75 Å². The van der Waals surface area contributed by atoms with Crippen LogP contribution in [0.4, 0.5) is 11.5 Å². The highest BCUT2D eigenvalue weighted by molar-refractivity contribution is 7.89. The number of carbonyl (C=O) groups excluding carboxylic acids is 1. The number of hydrogen-bond acceptors (Lipinski definition) is 7. The van der Waals surface area contributed by atoms with Crippen LogP contribution in [0, 0.1) is 0 Å². The molecule has 35 heavy (non-hydrogen) atoms. The van der Waals surface area contributed by atoms with E-state index in [0.717, 1.165) is 5.82 Å². The van der Waals surface area contributed by atoms with E-state index in [1.54, 1.807) is 68.8 Å². The number of anilines is 2. The lowest BCUT2D eigenvalue weighted by Gasteiger charge is -2.34. The average molecular weight is 516 g/mol. The molecular formula is C24H26ClN5O4S. The van der Waals surface area contributed by atoms with E-state index in [0.29, 0.717) is 42.6 Å². The molecule has 184 valence electrons. The zero-order valence-electron chi connectivity index (χ0n) is 19.4. The molecule has 0 saturated carbocycles. The molecule has 11 heteroatoms. The van der Waals surface area contributed by atoms with Crippen molar-refractivity contribution in [1.82, 2.24) is 14.3 Å². The molecular weight excluding hydrogens is 490 g/mol. The van der Waals surface area contributed by atoms with E-state index < -0.39 is 15.6 Å². The monoisotopic (exact) mass is 515 g/mol. The number of nitrogens with zero attached hydrogens (tertiary/aromatic N) is 4. The smallest absolute Gasteiger partial charge is 0.267 e. The van der Waals surface area contributed by atoms with Crippen molar-refractivity contribution >= 4 is 39.0 Å². The molecule has 9 nitrogen and oxygen atoms in total. The molecule has 1 saturated heterocycles. The maximum Gasteiger partial charge on any atom is 0.267 e. The lowest BCUT2D eigenvalue weighted by atomic mass is 10.1. The van der Waals surface area contributed by atoms with Crippen molar-refractivity contribution in [3.63, 3.8) is 0 Å². The standard InChI is InChI=1S/C24H26ClN5O4S/c1-24(2,34-20-7-3-18(25)4-8-20)23(31)28-19-5-9-21(10-6-19)35(32,33)30-15-13-29(14-16-30)22-17-26-11-12-27-22/h3-12,17H,13-16H2,1-2H3,(H,28,31). The Morgan fingerprint density at radius 3 is 2.26 bits per heavy atom. The van der Waals surface area contributed by atoms with Gasteiger partial charge in [0, 0.05) is 49.3 Å². The van der Waals surface area contributed by atoms with Gasteiger partial charge in [-0.15, -0.1) is 0 Å². The summed E-state index contributed by atoms with van der Waals surface area (Å²) in [5, 5.41) is 3.35. The minimum absolute atomic E-state index is 0.167. The number of amides is 1. The number of aromatic nitrogens is 2. The van der Waals surface area contributed by atoms with Crippen LogP contribution in [0.15, 0.2) is 72.0 Å². The summed E-state index contributed by atoms with van der Waals surface area (Å²) in [6, 6.07) is 12.9. The summed E-state index contributed by atoms with van der Waals surface area (Å²) in [4.78, 5) is 23.3. The van der Waals surface area contributed by atoms with Gasteiger partial charge in [0.1, 0.15) is 11.6 Å². The summed E-state index contributed by atoms with van der Waals surface area (Å²) in [6.07, 6.45) is 4.88. The molecule has 1 N–H and O–H groups in total. The van der Waals surface area contributed by atoms with Gasteiger partial charge in [-0.3, -0.25) is 9.78 Å². The molecule has 0 unspecified atom stereocenters. The molecule has 1 fully saturated rings. The second-order valence-electron chi connectivity index (χ2n) is 8.50. The Morgan fingerprint density at radius 1 is 1.00 bits per heavy atom. The van der Waals surface area contributed by atoms with E-state index in [-0.39, 0.29) is 10.8 Å². The highest BCUT2D eigenvalue weighted by Crippen LogP contribution is 2.24. The minimum Gasteiger partial charge on any atom is -0.478 e. The minimum atomic E-state index is -3.66. The van der Waals surface area contributed by atoms with Gasteiger partial charge in [0.2, 0.25) is 10.0 Å². The predicted molar refractivity (Wildman–Crippen MR) is 134 cm³/mol. The van der Waals surface area contributed by atoms with Gasteiger partial charge in [0.05, 0.1) is 11.1 Å². The summed E-state index contributed by atoms with van der Waals surface area (Å²) in [5.74, 6) is 0.867. The molecule has 1 amide bonds. The van der Waals surface area contributed by atoms with Crippen LogP contribution in [0.1, 0.15) is 13.8 Å². The third-order valence-corrected chi connectivity index (χ3v) is 7.76. The summed E-state index contributed by atoms with van der Waals surface area (Å²) in [7, 11) is -3.66. The topological polar surface area (TPSA) is 105 Å². The van der Waals surface area contributed by atoms with Crippen LogP contribution in [0.2, 0.25) is 5.02 Å². The first-order valence-corrected chi connectivity index (χ1v) is 12.8. The zero-order valence-corrected chi connectivity index (χ0v) is 21.0. The SMILES string of the molecule is CC(C)(Oc1ccc(Cl)cc1)C(=O)Nc1ccc(S(=O)(=O)N2CCN(c3cnccn3)CC2)cc1. The molecule has 0 atom stereocenters. The van der Waals surface area contributed by atoms with Crippen LogP contribution in [0.3, 0.4) is 0 Å². The van der Waals surface area contributed by atoms with Crippen molar-refractivity contribution in [3.05, 3.63) is 72.1 Å². The van der Waals surface area contributed by atoms with Gasteiger partial charge in [-0.25, -0.2) is 13.4 Å². The van der Waals surface area contributed by atoms with Crippen molar-refractivity contribution in [1.29, 1.82) is 0 Å². The van der Waals surface area contributed by atoms with Crippen LogP contribution in [-0.4, -0.2) is 60.4 Å². The number of benzene rings is 2. The molecule has 0 bridgehead atoms. The zero-order chi connectivity index (χ0) is 25.1. The maximum absolute atomic E-state index is 13.1. The lowest BCUT2D eigenvalue weighted by molar-refractivity contribution is -0.128. The predicted octanol–water partition coefficient (Wildman–Crippen LogP) is 3.44. The van der Waals surface area contributed by atoms with Crippen molar-refractivity contribution in [2.75, 3.05) is 36.4 Å². The Hall–Kier alpha value is -3.21. The van der Waals surface area contributed by atoms with E-state index in [1.165, 1.54) is 16.4 Å². The van der Waals surface area contributed by atoms with Gasteiger partial charge in [-0.05, 0) is 62.4 Å². The van der Waals surface area contributed by atoms with Crippen LogP contribution in [-0.2, 0) is 14.8 Å².